The molecule has 1 aliphatic heterocycles. The number of pyridine rings is 1. The number of anilines is 1. The lowest BCUT2D eigenvalue weighted by atomic mass is 10.1. The zero-order valence-electron chi connectivity index (χ0n) is 20.3. The minimum atomic E-state index is -0.515. The molecule has 178 valence electrons. The van der Waals surface area contributed by atoms with Gasteiger partial charge in [0.05, 0.1) is 12.7 Å². The van der Waals surface area contributed by atoms with Crippen molar-refractivity contribution in [3.8, 4) is 5.88 Å². The molecule has 1 fully saturated rings. The van der Waals surface area contributed by atoms with Crippen LogP contribution in [-0.4, -0.2) is 60.3 Å². The summed E-state index contributed by atoms with van der Waals surface area (Å²) in [5, 5.41) is 0. The number of aromatic nitrogens is 1. The van der Waals surface area contributed by atoms with Crippen molar-refractivity contribution in [1.29, 1.82) is 0 Å². The van der Waals surface area contributed by atoms with Crippen molar-refractivity contribution < 1.29 is 23.8 Å². The van der Waals surface area contributed by atoms with E-state index in [1.165, 1.54) is 7.11 Å². The van der Waals surface area contributed by atoms with Gasteiger partial charge in [-0.15, -0.1) is 0 Å². The number of hydrogen-bond donors (Lipinski definition) is 0. The molecule has 0 bridgehead atoms. The van der Waals surface area contributed by atoms with Gasteiger partial charge in [-0.05, 0) is 63.9 Å². The highest BCUT2D eigenvalue weighted by molar-refractivity contribution is 5.89. The van der Waals surface area contributed by atoms with Gasteiger partial charge in [0.2, 0.25) is 5.88 Å². The molecular weight excluding hydrogens is 422 g/mol. The van der Waals surface area contributed by atoms with Crippen LogP contribution in [0.5, 0.6) is 5.88 Å². The van der Waals surface area contributed by atoms with Crippen molar-refractivity contribution in [2.75, 3.05) is 31.6 Å². The van der Waals surface area contributed by atoms with E-state index in [0.29, 0.717) is 37.7 Å². The van der Waals surface area contributed by atoms with Crippen LogP contribution in [0, 0.1) is 6.92 Å². The number of benzene rings is 1. The molecule has 0 N–H and O–H groups in total. The standard InChI is InChI=1S/C25H33N3O5/c1-17-14-19(23(29)31-6)10-11-20(17)16-32-22-9-7-8-21(26-22)27-12-13-28(18(2)15-27)24(30)33-25(3,4)5/h7-11,14,18H,12-13,15-16H2,1-6H3. The summed E-state index contributed by atoms with van der Waals surface area (Å²) in [6.45, 7) is 11.8. The quantitative estimate of drug-likeness (QED) is 0.625. The number of carbonyl (C=O) groups excluding carboxylic acids is 2. The van der Waals surface area contributed by atoms with E-state index in [4.69, 9.17) is 14.2 Å². The van der Waals surface area contributed by atoms with Gasteiger partial charge in [-0.3, -0.25) is 0 Å². The number of methoxy groups -OCH3 is 1. The van der Waals surface area contributed by atoms with E-state index in [0.717, 1.165) is 16.9 Å². The Kier molecular flexibility index (Phi) is 7.46. The van der Waals surface area contributed by atoms with Gasteiger partial charge in [-0.2, -0.15) is 4.98 Å². The molecule has 1 atom stereocenters. The van der Waals surface area contributed by atoms with Crippen molar-refractivity contribution in [2.24, 2.45) is 0 Å². The molecule has 8 nitrogen and oxygen atoms in total. The summed E-state index contributed by atoms with van der Waals surface area (Å²) in [5.74, 6) is 0.966. The summed E-state index contributed by atoms with van der Waals surface area (Å²) in [6, 6.07) is 11.1. The minimum Gasteiger partial charge on any atom is -0.473 e. The molecule has 3 rings (SSSR count). The first-order valence-electron chi connectivity index (χ1n) is 11.1. The topological polar surface area (TPSA) is 81.2 Å². The molecule has 1 aromatic carbocycles. The van der Waals surface area contributed by atoms with Gasteiger partial charge in [0, 0.05) is 31.7 Å². The zero-order chi connectivity index (χ0) is 24.2. The molecule has 1 aromatic heterocycles. The van der Waals surface area contributed by atoms with Crippen LogP contribution in [-0.2, 0) is 16.1 Å². The van der Waals surface area contributed by atoms with E-state index >= 15 is 0 Å². The second kappa shape index (κ2) is 10.1. The number of hydrogen-bond acceptors (Lipinski definition) is 7. The second-order valence-corrected chi connectivity index (χ2v) is 9.22. The van der Waals surface area contributed by atoms with E-state index in [-0.39, 0.29) is 18.1 Å². The van der Waals surface area contributed by atoms with Gasteiger partial charge >= 0.3 is 12.1 Å². The molecule has 2 aromatic rings. The van der Waals surface area contributed by atoms with Crippen LogP contribution in [0.15, 0.2) is 36.4 Å². The number of nitrogens with zero attached hydrogens (tertiary/aromatic N) is 3. The third kappa shape index (κ3) is 6.37. The van der Waals surface area contributed by atoms with Crippen molar-refractivity contribution in [3.05, 3.63) is 53.1 Å². The molecule has 1 aliphatic rings. The highest BCUT2D eigenvalue weighted by Crippen LogP contribution is 2.22. The van der Waals surface area contributed by atoms with Gasteiger partial charge in [-0.25, -0.2) is 9.59 Å². The maximum Gasteiger partial charge on any atom is 0.410 e. The molecule has 1 amide bonds. The fourth-order valence-corrected chi connectivity index (χ4v) is 3.67. The fourth-order valence-electron chi connectivity index (χ4n) is 3.67. The Bertz CT molecular complexity index is 1000. The normalized spacial score (nSPS) is 16.4. The van der Waals surface area contributed by atoms with Gasteiger partial charge in [0.25, 0.3) is 0 Å². The molecule has 2 heterocycles. The SMILES string of the molecule is COC(=O)c1ccc(COc2cccc(N3CCN(C(=O)OC(C)(C)C)C(C)C3)n2)c(C)c1. The van der Waals surface area contributed by atoms with Crippen LogP contribution < -0.4 is 9.64 Å². The monoisotopic (exact) mass is 455 g/mol. The first kappa shape index (κ1) is 24.4. The highest BCUT2D eigenvalue weighted by Gasteiger charge is 2.31. The van der Waals surface area contributed by atoms with Crippen molar-refractivity contribution in [3.63, 3.8) is 0 Å². The molecule has 0 radical (unpaired) electrons. The summed E-state index contributed by atoms with van der Waals surface area (Å²) in [4.78, 5) is 32.7. The molecule has 0 spiro atoms. The predicted octanol–water partition coefficient (Wildman–Crippen LogP) is 4.20. The molecule has 0 aliphatic carbocycles. The molecular formula is C25H33N3O5. The Hall–Kier alpha value is -3.29. The van der Waals surface area contributed by atoms with E-state index in [1.54, 1.807) is 17.0 Å². The number of aryl methyl sites for hydroxylation is 1. The maximum atomic E-state index is 12.5. The average Bonchev–Trinajstić information content (AvgIpc) is 2.76. The molecule has 8 heteroatoms. The highest BCUT2D eigenvalue weighted by atomic mass is 16.6. The van der Waals surface area contributed by atoms with Gasteiger partial charge in [-0.1, -0.05) is 12.1 Å². The van der Waals surface area contributed by atoms with E-state index in [1.807, 2.05) is 58.9 Å². The van der Waals surface area contributed by atoms with Crippen LogP contribution in [0.25, 0.3) is 0 Å². The number of piperazine rings is 1. The van der Waals surface area contributed by atoms with Crippen molar-refractivity contribution in [2.45, 2.75) is 52.9 Å². The molecule has 1 saturated heterocycles. The number of esters is 1. The van der Waals surface area contributed by atoms with Crippen molar-refractivity contribution >= 4 is 17.9 Å². The van der Waals surface area contributed by atoms with Crippen LogP contribution in [0.3, 0.4) is 0 Å². The van der Waals surface area contributed by atoms with Crippen LogP contribution in [0.1, 0.15) is 49.2 Å². The van der Waals surface area contributed by atoms with Crippen molar-refractivity contribution in [1.82, 2.24) is 9.88 Å². The lowest BCUT2D eigenvalue weighted by Gasteiger charge is -2.40. The second-order valence-electron chi connectivity index (χ2n) is 9.22. The number of rotatable bonds is 5. The van der Waals surface area contributed by atoms with Crippen LogP contribution in [0.2, 0.25) is 0 Å². The first-order valence-corrected chi connectivity index (χ1v) is 11.1. The third-order valence-corrected chi connectivity index (χ3v) is 5.43. The first-order chi connectivity index (χ1) is 15.6. The van der Waals surface area contributed by atoms with Gasteiger partial charge in [0.1, 0.15) is 18.0 Å². The average molecular weight is 456 g/mol. The number of carbonyl (C=O) groups is 2. The minimum absolute atomic E-state index is 0.00375. The number of amides is 1. The lowest BCUT2D eigenvalue weighted by molar-refractivity contribution is 0.0158. The zero-order valence-corrected chi connectivity index (χ0v) is 20.3. The fraction of sp³-hybridized carbons (Fsp3) is 0.480. The summed E-state index contributed by atoms with van der Waals surface area (Å²) < 4.78 is 16.2. The molecule has 33 heavy (non-hydrogen) atoms. The third-order valence-electron chi connectivity index (χ3n) is 5.43. The summed E-state index contributed by atoms with van der Waals surface area (Å²) >= 11 is 0. The molecule has 0 saturated carbocycles. The Morgan fingerprint density at radius 2 is 1.91 bits per heavy atom. The van der Waals surface area contributed by atoms with E-state index < -0.39 is 5.60 Å². The van der Waals surface area contributed by atoms with E-state index in [2.05, 4.69) is 9.88 Å². The largest absolute Gasteiger partial charge is 0.473 e. The smallest absolute Gasteiger partial charge is 0.410 e. The maximum absolute atomic E-state index is 12.5. The van der Waals surface area contributed by atoms with E-state index in [9.17, 15) is 9.59 Å². The Labute approximate surface area is 195 Å². The Balaban J connectivity index is 1.61. The Morgan fingerprint density at radius 3 is 2.55 bits per heavy atom. The summed E-state index contributed by atoms with van der Waals surface area (Å²) in [6.07, 6.45) is -0.284. The lowest BCUT2D eigenvalue weighted by Crippen LogP contribution is -2.55. The van der Waals surface area contributed by atoms with Gasteiger partial charge < -0.3 is 24.0 Å². The van der Waals surface area contributed by atoms with Crippen LogP contribution >= 0.6 is 0 Å². The summed E-state index contributed by atoms with van der Waals surface area (Å²) in [7, 11) is 1.37. The number of ether oxygens (including phenoxy) is 3. The predicted molar refractivity (Wildman–Crippen MR) is 126 cm³/mol. The Morgan fingerprint density at radius 1 is 1.15 bits per heavy atom. The van der Waals surface area contributed by atoms with Crippen LogP contribution in [0.4, 0.5) is 10.6 Å². The van der Waals surface area contributed by atoms with Gasteiger partial charge in [0.15, 0.2) is 0 Å². The summed E-state index contributed by atoms with van der Waals surface area (Å²) in [5.41, 5.74) is 1.91. The molecule has 1 unspecified atom stereocenters.